The van der Waals surface area contributed by atoms with Crippen molar-refractivity contribution in [3.8, 4) is 11.1 Å². The minimum absolute atomic E-state index is 0.0954. The number of carbonyl (C=O) groups excluding carboxylic acids is 2. The average molecular weight is 564 g/mol. The van der Waals surface area contributed by atoms with Gasteiger partial charge in [-0.25, -0.2) is 4.79 Å². The van der Waals surface area contributed by atoms with E-state index >= 15 is 0 Å². The molecule has 1 aliphatic rings. The number of benzene rings is 4. The van der Waals surface area contributed by atoms with Gasteiger partial charge in [0.1, 0.15) is 19.2 Å². The van der Waals surface area contributed by atoms with Crippen LogP contribution < -0.4 is 10.2 Å². The van der Waals surface area contributed by atoms with Gasteiger partial charge in [0.05, 0.1) is 0 Å². The van der Waals surface area contributed by atoms with E-state index in [9.17, 15) is 19.5 Å². The molecule has 0 heterocycles. The molecule has 0 aromatic heterocycles. The molecule has 8 nitrogen and oxygen atoms in total. The number of fused-ring (bicyclic) bond motifs is 3. The van der Waals surface area contributed by atoms with Gasteiger partial charge in [-0.2, -0.15) is 0 Å². The van der Waals surface area contributed by atoms with Crippen molar-refractivity contribution in [2.75, 3.05) is 31.6 Å². The zero-order valence-electron chi connectivity index (χ0n) is 23.4. The van der Waals surface area contributed by atoms with E-state index < -0.39 is 30.6 Å². The maximum Gasteiger partial charge on any atom is 0.407 e. The summed E-state index contributed by atoms with van der Waals surface area (Å²) in [6, 6.07) is 33.4. The lowest BCUT2D eigenvalue weighted by Crippen LogP contribution is -2.54. The maximum atomic E-state index is 13.9. The zero-order chi connectivity index (χ0) is 29.5. The van der Waals surface area contributed by atoms with Crippen LogP contribution in [0.5, 0.6) is 0 Å². The van der Waals surface area contributed by atoms with Gasteiger partial charge in [0.25, 0.3) is 5.91 Å². The van der Waals surface area contributed by atoms with E-state index in [4.69, 9.17) is 4.74 Å². The van der Waals surface area contributed by atoms with Crippen LogP contribution in [0.3, 0.4) is 0 Å². The van der Waals surface area contributed by atoms with Gasteiger partial charge in [-0.05, 0) is 47.0 Å². The number of carbonyl (C=O) groups is 3. The molecule has 1 unspecified atom stereocenters. The summed E-state index contributed by atoms with van der Waals surface area (Å²) in [5.41, 5.74) is 5.86. The van der Waals surface area contributed by atoms with Gasteiger partial charge in [-0.15, -0.1) is 0 Å². The van der Waals surface area contributed by atoms with Gasteiger partial charge in [0, 0.05) is 24.7 Å². The number of rotatable bonds is 11. The Balaban J connectivity index is 1.34. The maximum absolute atomic E-state index is 13.9. The molecule has 8 heteroatoms. The van der Waals surface area contributed by atoms with Crippen molar-refractivity contribution >= 4 is 23.7 Å². The standard InChI is InChI=1S/C34H33N3O5/c1-36(20-24-12-4-2-5-13-24)21-31(33(40)37(22-32(38)39)25-14-6-3-7-15-25)35-34(41)42-23-30-28-18-10-8-16-26(28)27-17-9-11-19-29(27)30/h2-19,30-31H,20-23H2,1H3,(H,35,41)(H,38,39). The fourth-order valence-corrected chi connectivity index (χ4v) is 5.47. The lowest BCUT2D eigenvalue weighted by molar-refractivity contribution is -0.136. The van der Waals surface area contributed by atoms with E-state index in [2.05, 4.69) is 17.4 Å². The molecule has 1 aliphatic carbocycles. The summed E-state index contributed by atoms with van der Waals surface area (Å²) in [6.45, 7) is 0.217. The number of carboxylic acids is 1. The number of hydrogen-bond acceptors (Lipinski definition) is 5. The van der Waals surface area contributed by atoms with Gasteiger partial charge in [0.15, 0.2) is 0 Å². The number of para-hydroxylation sites is 1. The van der Waals surface area contributed by atoms with Crippen LogP contribution in [0, 0.1) is 0 Å². The summed E-state index contributed by atoms with van der Waals surface area (Å²) in [7, 11) is 1.84. The molecule has 0 fully saturated rings. The fraction of sp³-hybridized carbons (Fsp3) is 0.206. The van der Waals surface area contributed by atoms with Crippen molar-refractivity contribution in [1.29, 1.82) is 0 Å². The zero-order valence-corrected chi connectivity index (χ0v) is 23.4. The van der Waals surface area contributed by atoms with Gasteiger partial charge in [-0.1, -0.05) is 97.1 Å². The average Bonchev–Trinajstić information content (AvgIpc) is 3.32. The van der Waals surface area contributed by atoms with Crippen molar-refractivity contribution in [3.63, 3.8) is 0 Å². The SMILES string of the molecule is CN(Cc1ccccc1)CC(NC(=O)OCC1c2ccccc2-c2ccccc21)C(=O)N(CC(=O)O)c1ccccc1. The van der Waals surface area contributed by atoms with E-state index in [1.54, 1.807) is 30.3 Å². The van der Waals surface area contributed by atoms with Crippen molar-refractivity contribution in [1.82, 2.24) is 10.2 Å². The van der Waals surface area contributed by atoms with Crippen LogP contribution in [0.15, 0.2) is 109 Å². The number of ether oxygens (including phenoxy) is 1. The Bertz CT molecular complexity index is 1500. The monoisotopic (exact) mass is 563 g/mol. The lowest BCUT2D eigenvalue weighted by atomic mass is 9.98. The van der Waals surface area contributed by atoms with Crippen LogP contribution in [0.1, 0.15) is 22.6 Å². The minimum atomic E-state index is -1.16. The highest BCUT2D eigenvalue weighted by Gasteiger charge is 2.32. The summed E-state index contributed by atoms with van der Waals surface area (Å²) >= 11 is 0. The first-order valence-corrected chi connectivity index (χ1v) is 13.8. The number of anilines is 1. The first-order chi connectivity index (χ1) is 20.4. The number of nitrogens with one attached hydrogen (secondary N) is 1. The highest BCUT2D eigenvalue weighted by molar-refractivity contribution is 6.01. The smallest absolute Gasteiger partial charge is 0.407 e. The molecule has 1 atom stereocenters. The van der Waals surface area contributed by atoms with Crippen LogP contribution in [-0.2, 0) is 20.9 Å². The normalized spacial score (nSPS) is 12.7. The number of amides is 2. The van der Waals surface area contributed by atoms with Crippen molar-refractivity contribution in [2.24, 2.45) is 0 Å². The van der Waals surface area contributed by atoms with E-state index in [0.29, 0.717) is 12.2 Å². The summed E-state index contributed by atoms with van der Waals surface area (Å²) in [5.74, 6) is -1.84. The van der Waals surface area contributed by atoms with Crippen LogP contribution in [0.4, 0.5) is 10.5 Å². The van der Waals surface area contributed by atoms with E-state index in [0.717, 1.165) is 27.8 Å². The molecule has 0 spiro atoms. The predicted molar refractivity (Wildman–Crippen MR) is 161 cm³/mol. The molecule has 0 radical (unpaired) electrons. The van der Waals surface area contributed by atoms with E-state index in [-0.39, 0.29) is 19.1 Å². The van der Waals surface area contributed by atoms with Crippen molar-refractivity contribution in [3.05, 3.63) is 126 Å². The van der Waals surface area contributed by atoms with Crippen LogP contribution >= 0.6 is 0 Å². The molecule has 4 aromatic rings. The highest BCUT2D eigenvalue weighted by Crippen LogP contribution is 2.44. The number of nitrogens with zero attached hydrogens (tertiary/aromatic N) is 2. The molecule has 0 aliphatic heterocycles. The van der Waals surface area contributed by atoms with Crippen LogP contribution in [-0.4, -0.2) is 60.8 Å². The molecular weight excluding hydrogens is 530 g/mol. The van der Waals surface area contributed by atoms with Crippen molar-refractivity contribution < 1.29 is 24.2 Å². The van der Waals surface area contributed by atoms with E-state index in [1.165, 1.54) is 4.90 Å². The summed E-state index contributed by atoms with van der Waals surface area (Å²) in [6.07, 6.45) is -0.744. The van der Waals surface area contributed by atoms with Crippen molar-refractivity contribution in [2.45, 2.75) is 18.5 Å². The molecule has 0 bridgehead atoms. The topological polar surface area (TPSA) is 99.2 Å². The Kier molecular flexibility index (Phi) is 8.94. The Morgan fingerprint density at radius 1 is 0.810 bits per heavy atom. The third-order valence-corrected chi connectivity index (χ3v) is 7.35. The Labute approximate surface area is 245 Å². The van der Waals surface area contributed by atoms with Gasteiger partial charge < -0.3 is 15.2 Å². The second kappa shape index (κ2) is 13.1. The molecule has 5 rings (SSSR count). The molecule has 42 heavy (non-hydrogen) atoms. The third kappa shape index (κ3) is 6.67. The number of aliphatic carboxylic acids is 1. The van der Waals surface area contributed by atoms with Gasteiger partial charge in [-0.3, -0.25) is 19.4 Å². The molecule has 0 saturated carbocycles. The largest absolute Gasteiger partial charge is 0.480 e. The van der Waals surface area contributed by atoms with Gasteiger partial charge >= 0.3 is 12.1 Å². The molecular formula is C34H33N3O5. The number of carboxylic acid groups (broad SMARTS) is 1. The number of alkyl carbamates (subject to hydrolysis) is 1. The first-order valence-electron chi connectivity index (χ1n) is 13.8. The summed E-state index contributed by atoms with van der Waals surface area (Å²) in [4.78, 5) is 41.9. The van der Waals surface area contributed by atoms with Crippen LogP contribution in [0.25, 0.3) is 11.1 Å². The van der Waals surface area contributed by atoms with E-state index in [1.807, 2.05) is 78.7 Å². The van der Waals surface area contributed by atoms with Crippen LogP contribution in [0.2, 0.25) is 0 Å². The predicted octanol–water partition coefficient (Wildman–Crippen LogP) is 5.14. The number of likely N-dealkylation sites (N-methyl/N-ethyl adjacent to an activating group) is 1. The lowest BCUT2D eigenvalue weighted by Gasteiger charge is -2.29. The second-order valence-electron chi connectivity index (χ2n) is 10.4. The molecule has 4 aromatic carbocycles. The Hall–Kier alpha value is -4.95. The molecule has 214 valence electrons. The second-order valence-corrected chi connectivity index (χ2v) is 10.4. The summed E-state index contributed by atoms with van der Waals surface area (Å²) < 4.78 is 5.73. The quantitative estimate of drug-likeness (QED) is 0.262. The molecule has 0 saturated heterocycles. The Morgan fingerprint density at radius 2 is 1.36 bits per heavy atom. The van der Waals surface area contributed by atoms with Gasteiger partial charge in [0.2, 0.25) is 0 Å². The summed E-state index contributed by atoms with van der Waals surface area (Å²) in [5, 5.41) is 12.3. The molecule has 2 amide bonds. The first kappa shape index (κ1) is 28.6. The third-order valence-electron chi connectivity index (χ3n) is 7.35. The Morgan fingerprint density at radius 3 is 1.95 bits per heavy atom. The molecule has 2 N–H and O–H groups in total. The fourth-order valence-electron chi connectivity index (χ4n) is 5.47. The minimum Gasteiger partial charge on any atom is -0.480 e. The highest BCUT2D eigenvalue weighted by atomic mass is 16.5. The number of hydrogen-bond donors (Lipinski definition) is 2.